The smallest absolute Gasteiger partial charge is 0.0740 e. The molecule has 0 amide bonds. The lowest BCUT2D eigenvalue weighted by molar-refractivity contribution is 0.138. The summed E-state index contributed by atoms with van der Waals surface area (Å²) in [5, 5.41) is 1.94. The number of pyridine rings is 1. The molecule has 2 heterocycles. The summed E-state index contributed by atoms with van der Waals surface area (Å²) < 4.78 is 0. The highest BCUT2D eigenvalue weighted by molar-refractivity contribution is 6.32. The number of piperidine rings is 1. The van der Waals surface area contributed by atoms with Crippen LogP contribution in [0, 0.1) is 6.92 Å². The van der Waals surface area contributed by atoms with Crippen molar-refractivity contribution in [2.45, 2.75) is 45.3 Å². The molecule has 1 fully saturated rings. The number of hydrogen-bond donors (Lipinski definition) is 1. The molecular weight excluding hydrogens is 282 g/mol. The van der Waals surface area contributed by atoms with Gasteiger partial charge in [-0.3, -0.25) is 4.90 Å². The van der Waals surface area contributed by atoms with Gasteiger partial charge in [0.15, 0.2) is 0 Å². The van der Waals surface area contributed by atoms with E-state index in [0.29, 0.717) is 12.1 Å². The molecule has 0 aliphatic carbocycles. The minimum Gasteiger partial charge on any atom is -0.328 e. The van der Waals surface area contributed by atoms with E-state index >= 15 is 0 Å². The normalized spacial score (nSPS) is 23.6. The van der Waals surface area contributed by atoms with Crippen LogP contribution in [0.4, 0.5) is 0 Å². The minimum atomic E-state index is 0.332. The molecule has 0 spiro atoms. The van der Waals surface area contributed by atoms with Crippen molar-refractivity contribution in [1.82, 2.24) is 9.88 Å². The quantitative estimate of drug-likeness (QED) is 0.923. The van der Waals surface area contributed by atoms with Crippen LogP contribution in [-0.2, 0) is 6.54 Å². The summed E-state index contributed by atoms with van der Waals surface area (Å²) in [7, 11) is 0. The van der Waals surface area contributed by atoms with Crippen molar-refractivity contribution in [1.29, 1.82) is 0 Å². The fourth-order valence-electron chi connectivity index (χ4n) is 3.21. The molecule has 1 saturated heterocycles. The molecule has 0 radical (unpaired) electrons. The Bertz CT molecular complexity index is 656. The highest BCUT2D eigenvalue weighted by Crippen LogP contribution is 2.29. The van der Waals surface area contributed by atoms with Gasteiger partial charge in [-0.25, -0.2) is 4.98 Å². The molecule has 0 saturated carbocycles. The molecule has 2 aromatic rings. The van der Waals surface area contributed by atoms with E-state index in [4.69, 9.17) is 22.3 Å². The van der Waals surface area contributed by atoms with Crippen LogP contribution in [0.1, 0.15) is 31.0 Å². The lowest BCUT2D eigenvalue weighted by Crippen LogP contribution is -2.45. The van der Waals surface area contributed by atoms with Gasteiger partial charge in [-0.05, 0) is 38.3 Å². The minimum absolute atomic E-state index is 0.332. The van der Waals surface area contributed by atoms with Crippen molar-refractivity contribution in [3.8, 4) is 0 Å². The number of nitrogens with two attached hydrogens (primary N) is 1. The molecule has 112 valence electrons. The Hall–Kier alpha value is -1.16. The van der Waals surface area contributed by atoms with Gasteiger partial charge in [0.2, 0.25) is 0 Å². The maximum absolute atomic E-state index is 6.55. The van der Waals surface area contributed by atoms with E-state index in [1.807, 2.05) is 12.1 Å². The fourth-order valence-corrected chi connectivity index (χ4v) is 3.41. The van der Waals surface area contributed by atoms with Gasteiger partial charge in [0, 0.05) is 30.6 Å². The molecule has 2 unspecified atom stereocenters. The average Bonchev–Trinajstić information content (AvgIpc) is 2.47. The largest absolute Gasteiger partial charge is 0.328 e. The van der Waals surface area contributed by atoms with E-state index in [0.717, 1.165) is 53.1 Å². The second-order valence-corrected chi connectivity index (χ2v) is 6.50. The molecule has 1 aliphatic rings. The number of halogens is 1. The first-order valence-electron chi connectivity index (χ1n) is 7.59. The second kappa shape index (κ2) is 5.91. The third kappa shape index (κ3) is 2.91. The molecule has 4 heteroatoms. The first-order chi connectivity index (χ1) is 10.1. The summed E-state index contributed by atoms with van der Waals surface area (Å²) in [6, 6.07) is 9.00. The summed E-state index contributed by atoms with van der Waals surface area (Å²) in [4.78, 5) is 7.21. The van der Waals surface area contributed by atoms with Crippen LogP contribution in [0.3, 0.4) is 0 Å². The molecular formula is C17H22ClN3. The maximum atomic E-state index is 6.55. The monoisotopic (exact) mass is 303 g/mol. The third-order valence-electron chi connectivity index (χ3n) is 4.55. The zero-order chi connectivity index (χ0) is 15.0. The summed E-state index contributed by atoms with van der Waals surface area (Å²) >= 11 is 6.55. The Labute approximate surface area is 131 Å². The zero-order valence-electron chi connectivity index (χ0n) is 12.6. The number of hydrogen-bond acceptors (Lipinski definition) is 3. The summed E-state index contributed by atoms with van der Waals surface area (Å²) in [5.74, 6) is 0. The van der Waals surface area contributed by atoms with Gasteiger partial charge in [-0.1, -0.05) is 29.8 Å². The van der Waals surface area contributed by atoms with Gasteiger partial charge in [0.05, 0.1) is 16.2 Å². The Kier molecular flexibility index (Phi) is 4.16. The second-order valence-electron chi connectivity index (χ2n) is 6.12. The van der Waals surface area contributed by atoms with Gasteiger partial charge >= 0.3 is 0 Å². The van der Waals surface area contributed by atoms with Crippen molar-refractivity contribution < 1.29 is 0 Å². The van der Waals surface area contributed by atoms with Crippen LogP contribution in [0.2, 0.25) is 5.02 Å². The van der Waals surface area contributed by atoms with E-state index in [2.05, 4.69) is 30.9 Å². The number of nitrogens with zero attached hydrogens (tertiary/aromatic N) is 2. The van der Waals surface area contributed by atoms with Gasteiger partial charge in [0.1, 0.15) is 0 Å². The van der Waals surface area contributed by atoms with Crippen LogP contribution < -0.4 is 5.73 Å². The number of para-hydroxylation sites is 1. The lowest BCUT2D eigenvalue weighted by Gasteiger charge is -2.36. The average molecular weight is 304 g/mol. The van der Waals surface area contributed by atoms with Crippen LogP contribution in [-0.4, -0.2) is 28.5 Å². The van der Waals surface area contributed by atoms with Crippen LogP contribution in [0.15, 0.2) is 24.3 Å². The van der Waals surface area contributed by atoms with Crippen LogP contribution in [0.5, 0.6) is 0 Å². The first kappa shape index (κ1) is 14.8. The molecule has 1 aromatic heterocycles. The van der Waals surface area contributed by atoms with Crippen LogP contribution in [0.25, 0.3) is 10.9 Å². The van der Waals surface area contributed by atoms with E-state index in [9.17, 15) is 0 Å². The Morgan fingerprint density at radius 1 is 1.38 bits per heavy atom. The van der Waals surface area contributed by atoms with Crippen molar-refractivity contribution in [3.63, 3.8) is 0 Å². The van der Waals surface area contributed by atoms with Gasteiger partial charge in [-0.15, -0.1) is 0 Å². The van der Waals surface area contributed by atoms with E-state index < -0.39 is 0 Å². The Morgan fingerprint density at radius 2 is 2.14 bits per heavy atom. The van der Waals surface area contributed by atoms with Crippen molar-refractivity contribution in [3.05, 3.63) is 40.5 Å². The molecule has 3 rings (SSSR count). The predicted octanol–water partition coefficient (Wildman–Crippen LogP) is 3.51. The summed E-state index contributed by atoms with van der Waals surface area (Å²) in [6.45, 7) is 6.14. The van der Waals surface area contributed by atoms with E-state index in [1.165, 1.54) is 0 Å². The molecule has 21 heavy (non-hydrogen) atoms. The Balaban J connectivity index is 1.92. The first-order valence-corrected chi connectivity index (χ1v) is 7.97. The standard InChI is InChI=1S/C17H22ClN3/c1-11-9-13(19)7-8-21(11)10-16-17(18)12(2)14-5-3-4-6-15(14)20-16/h3-6,11,13H,7-10,19H2,1-2H3. The SMILES string of the molecule is Cc1c(Cl)c(CN2CCC(N)CC2C)nc2ccccc12. The summed E-state index contributed by atoms with van der Waals surface area (Å²) in [5.41, 5.74) is 9.17. The molecule has 1 aromatic carbocycles. The van der Waals surface area contributed by atoms with Crippen molar-refractivity contribution >= 4 is 22.5 Å². The van der Waals surface area contributed by atoms with E-state index in [-0.39, 0.29) is 0 Å². The van der Waals surface area contributed by atoms with Gasteiger partial charge in [0.25, 0.3) is 0 Å². The zero-order valence-corrected chi connectivity index (χ0v) is 13.4. The molecule has 2 N–H and O–H groups in total. The van der Waals surface area contributed by atoms with Gasteiger partial charge < -0.3 is 5.73 Å². The fraction of sp³-hybridized carbons (Fsp3) is 0.471. The van der Waals surface area contributed by atoms with Gasteiger partial charge in [-0.2, -0.15) is 0 Å². The number of likely N-dealkylation sites (tertiary alicyclic amines) is 1. The van der Waals surface area contributed by atoms with Crippen molar-refractivity contribution in [2.24, 2.45) is 5.73 Å². The number of benzene rings is 1. The number of fused-ring (bicyclic) bond motifs is 1. The highest BCUT2D eigenvalue weighted by atomic mass is 35.5. The number of rotatable bonds is 2. The van der Waals surface area contributed by atoms with E-state index in [1.54, 1.807) is 0 Å². The third-order valence-corrected chi connectivity index (χ3v) is 5.05. The van der Waals surface area contributed by atoms with Crippen molar-refractivity contribution in [2.75, 3.05) is 6.54 Å². The maximum Gasteiger partial charge on any atom is 0.0740 e. The molecule has 0 bridgehead atoms. The predicted molar refractivity (Wildman–Crippen MR) is 88.6 cm³/mol. The number of aryl methyl sites for hydroxylation is 1. The lowest BCUT2D eigenvalue weighted by atomic mass is 9.98. The summed E-state index contributed by atoms with van der Waals surface area (Å²) in [6.07, 6.45) is 2.10. The molecule has 3 nitrogen and oxygen atoms in total. The molecule has 2 atom stereocenters. The molecule has 1 aliphatic heterocycles. The Morgan fingerprint density at radius 3 is 2.90 bits per heavy atom. The number of aromatic nitrogens is 1. The van der Waals surface area contributed by atoms with Crippen LogP contribution >= 0.6 is 11.6 Å². The highest BCUT2D eigenvalue weighted by Gasteiger charge is 2.24. The topological polar surface area (TPSA) is 42.1 Å².